The molecule has 3 saturated carbocycles. The summed E-state index contributed by atoms with van der Waals surface area (Å²) in [5, 5.41) is 14.7. The molecular weight excluding hydrogens is 352 g/mol. The van der Waals surface area contributed by atoms with E-state index in [1.54, 1.807) is 0 Å². The number of piperidine rings is 1. The van der Waals surface area contributed by atoms with Crippen LogP contribution in [0.3, 0.4) is 0 Å². The molecule has 0 aromatic heterocycles. The molecule has 0 bridgehead atoms. The Morgan fingerprint density at radius 2 is 1.71 bits per heavy atom. The minimum absolute atomic E-state index is 0.0126. The fourth-order valence-electron chi connectivity index (χ4n) is 7.74. The Labute approximate surface area is 169 Å². The van der Waals surface area contributed by atoms with Crippen LogP contribution in [-0.2, 0) is 9.59 Å². The fourth-order valence-corrected chi connectivity index (χ4v) is 7.74. The molecule has 5 nitrogen and oxygen atoms in total. The van der Waals surface area contributed by atoms with Crippen molar-refractivity contribution >= 4 is 11.8 Å². The van der Waals surface area contributed by atoms with E-state index in [9.17, 15) is 14.8 Å². The molecule has 5 heteroatoms. The minimum Gasteiger partial charge on any atom is -0.351 e. The summed E-state index contributed by atoms with van der Waals surface area (Å²) < 4.78 is 0. The average Bonchev–Trinajstić information content (AvgIpc) is 2.94. The second-order valence-electron chi connectivity index (χ2n) is 11.6. The number of rotatable bonds is 1. The predicted molar refractivity (Wildman–Crippen MR) is 107 cm³/mol. The second kappa shape index (κ2) is 6.45. The standard InChI is InChI=1S/C23H38N2O3/c1-21(2,3)24-20(27)17-8-7-15-14-6-9-18-23(5,13-11-19(26)25(18)28)16(14)10-12-22(15,17)4/h14-18,28H,6-13H2,1-5H3,(H,24,27)/t14-,15-,16-,17+,18+,22-,23+/m0/s1. The van der Waals surface area contributed by atoms with Crippen LogP contribution in [0.25, 0.3) is 0 Å². The molecule has 4 aliphatic rings. The molecule has 1 saturated heterocycles. The highest BCUT2D eigenvalue weighted by atomic mass is 16.5. The van der Waals surface area contributed by atoms with E-state index in [0.29, 0.717) is 24.2 Å². The molecule has 2 N–H and O–H groups in total. The van der Waals surface area contributed by atoms with Crippen molar-refractivity contribution in [1.29, 1.82) is 0 Å². The van der Waals surface area contributed by atoms with Crippen LogP contribution >= 0.6 is 0 Å². The summed E-state index contributed by atoms with van der Waals surface area (Å²) in [7, 11) is 0. The Bertz CT molecular complexity index is 671. The molecule has 0 spiro atoms. The molecule has 1 heterocycles. The summed E-state index contributed by atoms with van der Waals surface area (Å²) in [6.45, 7) is 10.9. The molecule has 4 fully saturated rings. The predicted octanol–water partition coefficient (Wildman–Crippen LogP) is 4.14. The zero-order chi connectivity index (χ0) is 20.5. The van der Waals surface area contributed by atoms with E-state index < -0.39 is 0 Å². The van der Waals surface area contributed by atoms with Gasteiger partial charge in [-0.3, -0.25) is 14.8 Å². The van der Waals surface area contributed by atoms with Gasteiger partial charge in [-0.1, -0.05) is 13.8 Å². The zero-order valence-electron chi connectivity index (χ0n) is 18.3. The molecule has 0 unspecified atom stereocenters. The van der Waals surface area contributed by atoms with Gasteiger partial charge in [0.15, 0.2) is 0 Å². The quantitative estimate of drug-likeness (QED) is 0.661. The number of nitrogens with one attached hydrogen (secondary N) is 1. The Balaban J connectivity index is 1.57. The summed E-state index contributed by atoms with van der Waals surface area (Å²) in [6, 6.07) is -0.0271. The highest BCUT2D eigenvalue weighted by Crippen LogP contribution is 2.66. The van der Waals surface area contributed by atoms with Crippen LogP contribution in [0.1, 0.15) is 86.0 Å². The lowest BCUT2D eigenvalue weighted by molar-refractivity contribution is -0.223. The Morgan fingerprint density at radius 1 is 1.04 bits per heavy atom. The molecule has 3 aliphatic carbocycles. The molecule has 0 aromatic rings. The van der Waals surface area contributed by atoms with E-state index >= 15 is 0 Å². The molecular formula is C23H38N2O3. The van der Waals surface area contributed by atoms with Crippen LogP contribution in [0.5, 0.6) is 0 Å². The van der Waals surface area contributed by atoms with Gasteiger partial charge in [-0.2, -0.15) is 0 Å². The first-order chi connectivity index (χ1) is 13.0. The number of hydrogen-bond donors (Lipinski definition) is 2. The number of fused-ring (bicyclic) bond motifs is 5. The first-order valence-corrected chi connectivity index (χ1v) is 11.3. The van der Waals surface area contributed by atoms with Crippen LogP contribution in [0.4, 0.5) is 0 Å². The van der Waals surface area contributed by atoms with E-state index in [1.165, 1.54) is 0 Å². The number of carbonyl (C=O) groups is 2. The van der Waals surface area contributed by atoms with Crippen LogP contribution in [0.2, 0.25) is 0 Å². The van der Waals surface area contributed by atoms with E-state index in [-0.39, 0.29) is 40.1 Å². The van der Waals surface area contributed by atoms with Crippen molar-refractivity contribution in [3.05, 3.63) is 0 Å². The maximum atomic E-state index is 13.1. The Morgan fingerprint density at radius 3 is 2.39 bits per heavy atom. The van der Waals surface area contributed by atoms with Crippen molar-refractivity contribution in [3.8, 4) is 0 Å². The van der Waals surface area contributed by atoms with E-state index in [0.717, 1.165) is 50.0 Å². The van der Waals surface area contributed by atoms with Gasteiger partial charge < -0.3 is 5.32 Å². The van der Waals surface area contributed by atoms with Gasteiger partial charge in [0, 0.05) is 17.9 Å². The van der Waals surface area contributed by atoms with Gasteiger partial charge in [0.1, 0.15) is 0 Å². The van der Waals surface area contributed by atoms with Crippen LogP contribution in [0.15, 0.2) is 0 Å². The van der Waals surface area contributed by atoms with Gasteiger partial charge in [-0.25, -0.2) is 5.06 Å². The van der Waals surface area contributed by atoms with Crippen molar-refractivity contribution in [1.82, 2.24) is 10.4 Å². The van der Waals surface area contributed by atoms with Gasteiger partial charge in [-0.05, 0) is 94.3 Å². The maximum Gasteiger partial charge on any atom is 0.246 e. The van der Waals surface area contributed by atoms with Crippen LogP contribution in [-0.4, -0.2) is 33.7 Å². The topological polar surface area (TPSA) is 69.6 Å². The highest BCUT2D eigenvalue weighted by Gasteiger charge is 2.62. The van der Waals surface area contributed by atoms with E-state index in [4.69, 9.17) is 0 Å². The lowest BCUT2D eigenvalue weighted by Crippen LogP contribution is -2.61. The van der Waals surface area contributed by atoms with Gasteiger partial charge in [0.05, 0.1) is 6.04 Å². The molecule has 4 rings (SSSR count). The first kappa shape index (κ1) is 20.2. The molecule has 0 aromatic carbocycles. The number of nitrogens with zero attached hydrogens (tertiary/aromatic N) is 1. The Hall–Kier alpha value is -1.10. The molecule has 0 radical (unpaired) electrons. The summed E-state index contributed by atoms with van der Waals surface area (Å²) in [5.74, 6) is 2.00. The molecule has 2 amide bonds. The Kier molecular flexibility index (Phi) is 4.65. The molecule has 7 atom stereocenters. The van der Waals surface area contributed by atoms with Crippen molar-refractivity contribution in [2.75, 3.05) is 0 Å². The summed E-state index contributed by atoms with van der Waals surface area (Å²) in [5.41, 5.74) is -0.0881. The maximum absolute atomic E-state index is 13.1. The monoisotopic (exact) mass is 390 g/mol. The first-order valence-electron chi connectivity index (χ1n) is 11.3. The largest absolute Gasteiger partial charge is 0.351 e. The van der Waals surface area contributed by atoms with Crippen molar-refractivity contribution in [3.63, 3.8) is 0 Å². The average molecular weight is 391 g/mol. The third-order valence-corrected chi connectivity index (χ3v) is 9.06. The number of carbonyl (C=O) groups excluding carboxylic acids is 2. The van der Waals surface area contributed by atoms with Crippen LogP contribution < -0.4 is 5.32 Å². The normalized spacial score (nSPS) is 45.9. The zero-order valence-corrected chi connectivity index (χ0v) is 18.3. The lowest BCUT2D eigenvalue weighted by Gasteiger charge is -2.61. The smallest absolute Gasteiger partial charge is 0.246 e. The minimum atomic E-state index is -0.187. The third kappa shape index (κ3) is 2.91. The third-order valence-electron chi connectivity index (χ3n) is 9.06. The molecule has 1 aliphatic heterocycles. The van der Waals surface area contributed by atoms with Gasteiger partial charge in [0.2, 0.25) is 11.8 Å². The lowest BCUT2D eigenvalue weighted by atomic mass is 9.47. The van der Waals surface area contributed by atoms with Gasteiger partial charge in [-0.15, -0.1) is 0 Å². The van der Waals surface area contributed by atoms with Crippen LogP contribution in [0, 0.1) is 34.5 Å². The number of amides is 2. The highest BCUT2D eigenvalue weighted by molar-refractivity contribution is 5.80. The molecule has 28 heavy (non-hydrogen) atoms. The number of hydrogen-bond acceptors (Lipinski definition) is 3. The summed E-state index contributed by atoms with van der Waals surface area (Å²) in [6.07, 6.45) is 7.67. The van der Waals surface area contributed by atoms with E-state index in [1.807, 2.05) is 0 Å². The fraction of sp³-hybridized carbons (Fsp3) is 0.913. The SMILES string of the molecule is CC(C)(C)NC(=O)[C@H]1CC[C@H]2[C@@H]3CC[C@H]4N(O)C(=O)CC[C@]4(C)[C@H]3CC[C@]12C. The second-order valence-corrected chi connectivity index (χ2v) is 11.6. The van der Waals surface area contributed by atoms with Gasteiger partial charge >= 0.3 is 0 Å². The van der Waals surface area contributed by atoms with Crippen molar-refractivity contribution < 1.29 is 14.8 Å². The molecule has 158 valence electrons. The van der Waals surface area contributed by atoms with Gasteiger partial charge in [0.25, 0.3) is 0 Å². The van der Waals surface area contributed by atoms with Crippen molar-refractivity contribution in [2.24, 2.45) is 34.5 Å². The van der Waals surface area contributed by atoms with Crippen molar-refractivity contribution in [2.45, 2.75) is 97.6 Å². The summed E-state index contributed by atoms with van der Waals surface area (Å²) in [4.78, 5) is 25.1. The van der Waals surface area contributed by atoms with E-state index in [2.05, 4.69) is 39.9 Å². The number of hydroxylamine groups is 2. The summed E-state index contributed by atoms with van der Waals surface area (Å²) >= 11 is 0.